The summed E-state index contributed by atoms with van der Waals surface area (Å²) in [5.41, 5.74) is 1.08. The summed E-state index contributed by atoms with van der Waals surface area (Å²) in [5.74, 6) is 1.75. The van der Waals surface area contributed by atoms with Gasteiger partial charge in [0.25, 0.3) is 0 Å². The predicted octanol–water partition coefficient (Wildman–Crippen LogP) is 3.88. The second kappa shape index (κ2) is 6.42. The first-order valence-electron chi connectivity index (χ1n) is 6.84. The van der Waals surface area contributed by atoms with Crippen LogP contribution in [0.15, 0.2) is 48.8 Å². The number of hydrogen-bond donors (Lipinski definition) is 0. The summed E-state index contributed by atoms with van der Waals surface area (Å²) in [6.07, 6.45) is 4.33. The molecule has 0 aliphatic carbocycles. The number of pyridine rings is 1. The van der Waals surface area contributed by atoms with E-state index in [1.54, 1.807) is 12.4 Å². The Bertz CT molecular complexity index is 515. The van der Waals surface area contributed by atoms with Gasteiger partial charge in [-0.3, -0.25) is 4.98 Å². The van der Waals surface area contributed by atoms with Gasteiger partial charge in [-0.2, -0.15) is 0 Å². The molecule has 0 spiro atoms. The summed E-state index contributed by atoms with van der Waals surface area (Å²) < 4.78 is 11.4. The second-order valence-electron chi connectivity index (χ2n) is 5.64. The molecule has 0 amide bonds. The molecule has 106 valence electrons. The van der Waals surface area contributed by atoms with Crippen LogP contribution in [-0.4, -0.2) is 17.2 Å². The fourth-order valence-electron chi connectivity index (χ4n) is 1.80. The molecule has 3 nitrogen and oxygen atoms in total. The van der Waals surface area contributed by atoms with Gasteiger partial charge in [0.15, 0.2) is 0 Å². The number of ether oxygens (including phenoxy) is 2. The molecular formula is C17H21NO2. The maximum atomic E-state index is 5.79. The summed E-state index contributed by atoms with van der Waals surface area (Å²) >= 11 is 0. The quantitative estimate of drug-likeness (QED) is 0.827. The fraction of sp³-hybridized carbons (Fsp3) is 0.353. The van der Waals surface area contributed by atoms with Crippen molar-refractivity contribution in [1.82, 2.24) is 4.98 Å². The van der Waals surface area contributed by atoms with Crippen molar-refractivity contribution in [1.29, 1.82) is 0 Å². The lowest BCUT2D eigenvalue weighted by atomic mass is 10.1. The van der Waals surface area contributed by atoms with Gasteiger partial charge in [0.1, 0.15) is 17.1 Å². The van der Waals surface area contributed by atoms with Crippen LogP contribution in [0.2, 0.25) is 0 Å². The van der Waals surface area contributed by atoms with E-state index in [0.717, 1.165) is 17.9 Å². The van der Waals surface area contributed by atoms with E-state index in [2.05, 4.69) is 17.1 Å². The average Bonchev–Trinajstić information content (AvgIpc) is 2.40. The van der Waals surface area contributed by atoms with E-state index in [4.69, 9.17) is 9.47 Å². The third kappa shape index (κ3) is 4.92. The van der Waals surface area contributed by atoms with Gasteiger partial charge >= 0.3 is 0 Å². The molecular weight excluding hydrogens is 250 g/mol. The molecule has 1 aromatic carbocycles. The largest absolute Gasteiger partial charge is 0.493 e. The third-order valence-corrected chi connectivity index (χ3v) is 2.66. The van der Waals surface area contributed by atoms with Crippen molar-refractivity contribution in [2.45, 2.75) is 32.8 Å². The van der Waals surface area contributed by atoms with Gasteiger partial charge in [0.2, 0.25) is 0 Å². The van der Waals surface area contributed by atoms with E-state index < -0.39 is 0 Å². The number of rotatable bonds is 5. The van der Waals surface area contributed by atoms with E-state index in [1.165, 1.54) is 5.56 Å². The van der Waals surface area contributed by atoms with Crippen LogP contribution in [0.3, 0.4) is 0 Å². The van der Waals surface area contributed by atoms with Crippen LogP contribution in [0, 0.1) is 0 Å². The van der Waals surface area contributed by atoms with Crippen LogP contribution in [-0.2, 0) is 6.42 Å². The highest BCUT2D eigenvalue weighted by molar-refractivity contribution is 5.28. The standard InChI is InChI=1S/C17H21NO2/c1-17(2,3)20-16-6-4-14(5-7-16)10-13-19-15-8-11-18-12-9-15/h4-9,11-12H,10,13H2,1-3H3. The molecule has 1 heterocycles. The number of aromatic nitrogens is 1. The number of nitrogens with zero attached hydrogens (tertiary/aromatic N) is 1. The Morgan fingerprint density at radius 3 is 2.15 bits per heavy atom. The molecule has 0 unspecified atom stereocenters. The topological polar surface area (TPSA) is 31.4 Å². The average molecular weight is 271 g/mol. The summed E-state index contributed by atoms with van der Waals surface area (Å²) in [7, 11) is 0. The van der Waals surface area contributed by atoms with Crippen LogP contribution in [0.1, 0.15) is 26.3 Å². The van der Waals surface area contributed by atoms with Crippen LogP contribution in [0.4, 0.5) is 0 Å². The van der Waals surface area contributed by atoms with Gasteiger partial charge in [-0.05, 0) is 50.6 Å². The summed E-state index contributed by atoms with van der Waals surface area (Å²) in [6.45, 7) is 6.79. The van der Waals surface area contributed by atoms with Gasteiger partial charge in [-0.25, -0.2) is 0 Å². The molecule has 0 fully saturated rings. The van der Waals surface area contributed by atoms with E-state index >= 15 is 0 Å². The van der Waals surface area contributed by atoms with Crippen molar-refractivity contribution in [3.05, 3.63) is 54.4 Å². The van der Waals surface area contributed by atoms with Crippen molar-refractivity contribution in [3.63, 3.8) is 0 Å². The molecule has 2 rings (SSSR count). The lowest BCUT2D eigenvalue weighted by Gasteiger charge is -2.21. The van der Waals surface area contributed by atoms with Crippen molar-refractivity contribution >= 4 is 0 Å². The molecule has 1 aromatic heterocycles. The highest BCUT2D eigenvalue weighted by Crippen LogP contribution is 2.18. The summed E-state index contributed by atoms with van der Waals surface area (Å²) in [5, 5.41) is 0. The maximum Gasteiger partial charge on any atom is 0.122 e. The van der Waals surface area contributed by atoms with Crippen LogP contribution >= 0.6 is 0 Å². The molecule has 0 radical (unpaired) electrons. The lowest BCUT2D eigenvalue weighted by molar-refractivity contribution is 0.131. The Morgan fingerprint density at radius 2 is 1.55 bits per heavy atom. The number of hydrogen-bond acceptors (Lipinski definition) is 3. The van der Waals surface area contributed by atoms with Gasteiger partial charge in [0.05, 0.1) is 6.61 Å². The Balaban J connectivity index is 1.82. The van der Waals surface area contributed by atoms with Crippen LogP contribution in [0.5, 0.6) is 11.5 Å². The van der Waals surface area contributed by atoms with Gasteiger partial charge in [-0.1, -0.05) is 12.1 Å². The first-order chi connectivity index (χ1) is 9.53. The molecule has 0 saturated carbocycles. The predicted molar refractivity (Wildman–Crippen MR) is 80.3 cm³/mol. The summed E-state index contributed by atoms with van der Waals surface area (Å²) in [6, 6.07) is 11.9. The first-order valence-corrected chi connectivity index (χ1v) is 6.84. The molecule has 0 aliphatic heterocycles. The Morgan fingerprint density at radius 1 is 0.900 bits per heavy atom. The zero-order valence-electron chi connectivity index (χ0n) is 12.3. The fourth-order valence-corrected chi connectivity index (χ4v) is 1.80. The van der Waals surface area contributed by atoms with Crippen molar-refractivity contribution < 1.29 is 9.47 Å². The highest BCUT2D eigenvalue weighted by atomic mass is 16.5. The Labute approximate surface area is 120 Å². The van der Waals surface area contributed by atoms with E-state index in [0.29, 0.717) is 6.61 Å². The Hall–Kier alpha value is -2.03. The van der Waals surface area contributed by atoms with Gasteiger partial charge in [0, 0.05) is 18.8 Å². The number of benzene rings is 1. The van der Waals surface area contributed by atoms with E-state index in [1.807, 2.05) is 45.0 Å². The van der Waals surface area contributed by atoms with Gasteiger partial charge in [-0.15, -0.1) is 0 Å². The molecule has 0 bridgehead atoms. The van der Waals surface area contributed by atoms with Crippen molar-refractivity contribution in [2.75, 3.05) is 6.61 Å². The van der Waals surface area contributed by atoms with E-state index in [-0.39, 0.29) is 5.60 Å². The summed E-state index contributed by atoms with van der Waals surface area (Å²) in [4.78, 5) is 3.96. The molecule has 0 aliphatic rings. The zero-order valence-corrected chi connectivity index (χ0v) is 12.3. The smallest absolute Gasteiger partial charge is 0.122 e. The molecule has 0 atom stereocenters. The minimum absolute atomic E-state index is 0.161. The zero-order chi connectivity index (χ0) is 14.4. The molecule has 0 N–H and O–H groups in total. The van der Waals surface area contributed by atoms with Crippen molar-refractivity contribution in [2.24, 2.45) is 0 Å². The Kier molecular flexibility index (Phi) is 4.61. The minimum Gasteiger partial charge on any atom is -0.493 e. The highest BCUT2D eigenvalue weighted by Gasteiger charge is 2.11. The first kappa shape index (κ1) is 14.4. The molecule has 20 heavy (non-hydrogen) atoms. The third-order valence-electron chi connectivity index (χ3n) is 2.66. The molecule has 2 aromatic rings. The van der Waals surface area contributed by atoms with E-state index in [9.17, 15) is 0 Å². The SMILES string of the molecule is CC(C)(C)Oc1ccc(CCOc2ccncc2)cc1. The minimum atomic E-state index is -0.161. The van der Waals surface area contributed by atoms with Crippen molar-refractivity contribution in [3.8, 4) is 11.5 Å². The van der Waals surface area contributed by atoms with Crippen LogP contribution < -0.4 is 9.47 Å². The molecule has 0 saturated heterocycles. The monoisotopic (exact) mass is 271 g/mol. The maximum absolute atomic E-state index is 5.79. The lowest BCUT2D eigenvalue weighted by Crippen LogP contribution is -2.22. The van der Waals surface area contributed by atoms with Crippen LogP contribution in [0.25, 0.3) is 0 Å². The second-order valence-corrected chi connectivity index (χ2v) is 5.64. The van der Waals surface area contributed by atoms with Gasteiger partial charge < -0.3 is 9.47 Å². The molecule has 3 heteroatoms. The normalized spacial score (nSPS) is 11.2.